The van der Waals surface area contributed by atoms with E-state index in [1.54, 1.807) is 12.1 Å². The molecule has 3 nitrogen and oxygen atoms in total. The number of rotatable bonds is 3. The summed E-state index contributed by atoms with van der Waals surface area (Å²) in [6.07, 6.45) is 0. The summed E-state index contributed by atoms with van der Waals surface area (Å²) in [5, 5.41) is 4.05. The van der Waals surface area contributed by atoms with Crippen LogP contribution < -0.4 is 11.1 Å². The van der Waals surface area contributed by atoms with E-state index in [2.05, 4.69) is 5.32 Å². The zero-order chi connectivity index (χ0) is 13.3. The van der Waals surface area contributed by atoms with E-state index in [-0.39, 0.29) is 6.04 Å². The summed E-state index contributed by atoms with van der Waals surface area (Å²) >= 11 is 6.10. The van der Waals surface area contributed by atoms with E-state index in [4.69, 9.17) is 21.8 Å². The Hall–Kier alpha value is -1.61. The fourth-order valence-corrected chi connectivity index (χ4v) is 2.03. The van der Waals surface area contributed by atoms with Gasteiger partial charge in [0.05, 0.1) is 17.4 Å². The van der Waals surface area contributed by atoms with Crippen molar-refractivity contribution in [3.05, 3.63) is 46.4 Å². The number of hydrogen-bond acceptors (Lipinski definition) is 3. The highest BCUT2D eigenvalue weighted by atomic mass is 35.5. The summed E-state index contributed by atoms with van der Waals surface area (Å²) in [5.41, 5.74) is 8.47. The molecule has 0 saturated heterocycles. The van der Waals surface area contributed by atoms with E-state index in [1.165, 1.54) is 0 Å². The van der Waals surface area contributed by atoms with Crippen molar-refractivity contribution < 1.29 is 4.42 Å². The molecule has 0 aliphatic carbocycles. The van der Waals surface area contributed by atoms with Crippen LogP contribution in [0.2, 0.25) is 5.02 Å². The van der Waals surface area contributed by atoms with E-state index in [0.717, 1.165) is 22.8 Å². The highest BCUT2D eigenvalue weighted by Crippen LogP contribution is 2.32. The molecule has 0 radical (unpaired) electrons. The van der Waals surface area contributed by atoms with Crippen LogP contribution in [0.15, 0.2) is 28.7 Å². The molecule has 1 heterocycles. The first-order chi connectivity index (χ1) is 8.49. The number of halogens is 1. The highest BCUT2D eigenvalue weighted by molar-refractivity contribution is 6.31. The third-order valence-electron chi connectivity index (χ3n) is 2.98. The van der Waals surface area contributed by atoms with Gasteiger partial charge in [0.25, 0.3) is 0 Å². The van der Waals surface area contributed by atoms with Gasteiger partial charge in [0.1, 0.15) is 11.5 Å². The van der Waals surface area contributed by atoms with Crippen LogP contribution in [-0.4, -0.2) is 0 Å². The largest absolute Gasteiger partial charge is 0.464 e. The molecule has 0 saturated carbocycles. The minimum Gasteiger partial charge on any atom is -0.464 e. The first-order valence-electron chi connectivity index (χ1n) is 5.86. The molecule has 96 valence electrons. The molecule has 18 heavy (non-hydrogen) atoms. The second-order valence-corrected chi connectivity index (χ2v) is 4.86. The Kier molecular flexibility index (Phi) is 3.53. The molecule has 0 aliphatic heterocycles. The van der Waals surface area contributed by atoms with Gasteiger partial charge in [0.2, 0.25) is 0 Å². The summed E-state index contributed by atoms with van der Waals surface area (Å²) < 4.78 is 5.59. The summed E-state index contributed by atoms with van der Waals surface area (Å²) in [6, 6.07) is 7.56. The number of hydrogen-bond donors (Lipinski definition) is 2. The van der Waals surface area contributed by atoms with E-state index in [0.29, 0.717) is 10.7 Å². The van der Waals surface area contributed by atoms with Crippen LogP contribution in [0.1, 0.15) is 30.0 Å². The van der Waals surface area contributed by atoms with Crippen molar-refractivity contribution in [2.24, 2.45) is 0 Å². The SMILES string of the molecule is Cc1ccc(C(C)Nc2c(N)ccc(Cl)c2C)o1. The molecule has 0 spiro atoms. The molecular weight excluding hydrogens is 248 g/mol. The Morgan fingerprint density at radius 1 is 1.22 bits per heavy atom. The lowest BCUT2D eigenvalue weighted by molar-refractivity contribution is 0.467. The molecule has 1 aromatic heterocycles. The number of benzene rings is 1. The van der Waals surface area contributed by atoms with Crippen molar-refractivity contribution in [3.63, 3.8) is 0 Å². The Labute approximate surface area is 112 Å². The molecule has 4 heteroatoms. The second kappa shape index (κ2) is 4.94. The number of furan rings is 1. The molecule has 0 bridgehead atoms. The van der Waals surface area contributed by atoms with Crippen LogP contribution in [0.3, 0.4) is 0 Å². The molecule has 1 aromatic carbocycles. The van der Waals surface area contributed by atoms with Gasteiger partial charge in [-0.15, -0.1) is 0 Å². The van der Waals surface area contributed by atoms with Gasteiger partial charge in [-0.25, -0.2) is 0 Å². The van der Waals surface area contributed by atoms with Crippen molar-refractivity contribution in [2.45, 2.75) is 26.8 Å². The fourth-order valence-electron chi connectivity index (χ4n) is 1.87. The van der Waals surface area contributed by atoms with Gasteiger partial charge in [0.15, 0.2) is 0 Å². The van der Waals surface area contributed by atoms with E-state index < -0.39 is 0 Å². The topological polar surface area (TPSA) is 51.2 Å². The summed E-state index contributed by atoms with van der Waals surface area (Å²) in [6.45, 7) is 5.90. The number of anilines is 2. The van der Waals surface area contributed by atoms with Gasteiger partial charge in [-0.2, -0.15) is 0 Å². The van der Waals surface area contributed by atoms with Gasteiger partial charge in [-0.1, -0.05) is 11.6 Å². The molecule has 3 N–H and O–H groups in total. The van der Waals surface area contributed by atoms with Gasteiger partial charge in [0, 0.05) is 5.02 Å². The minimum atomic E-state index is 0.0400. The third kappa shape index (κ3) is 2.46. The molecule has 0 amide bonds. The second-order valence-electron chi connectivity index (χ2n) is 4.45. The number of aryl methyl sites for hydroxylation is 1. The molecule has 2 aromatic rings. The van der Waals surface area contributed by atoms with Crippen molar-refractivity contribution in [2.75, 3.05) is 11.1 Å². The molecule has 1 unspecified atom stereocenters. The van der Waals surface area contributed by atoms with Crippen LogP contribution in [0.5, 0.6) is 0 Å². The predicted molar refractivity (Wildman–Crippen MR) is 76.1 cm³/mol. The fraction of sp³-hybridized carbons (Fsp3) is 0.286. The molecule has 0 aliphatic rings. The van der Waals surface area contributed by atoms with Crippen molar-refractivity contribution in [3.8, 4) is 0 Å². The lowest BCUT2D eigenvalue weighted by Gasteiger charge is -2.17. The van der Waals surface area contributed by atoms with E-state index in [9.17, 15) is 0 Å². The number of nitrogen functional groups attached to an aromatic ring is 1. The maximum atomic E-state index is 6.10. The smallest absolute Gasteiger partial charge is 0.126 e. The van der Waals surface area contributed by atoms with Gasteiger partial charge < -0.3 is 15.5 Å². The summed E-state index contributed by atoms with van der Waals surface area (Å²) in [7, 11) is 0. The van der Waals surface area contributed by atoms with E-state index >= 15 is 0 Å². The molecule has 0 fully saturated rings. The molecule has 2 rings (SSSR count). The third-order valence-corrected chi connectivity index (χ3v) is 3.39. The average molecular weight is 265 g/mol. The van der Waals surface area contributed by atoms with Crippen LogP contribution in [0, 0.1) is 13.8 Å². The normalized spacial score (nSPS) is 12.4. The lowest BCUT2D eigenvalue weighted by atomic mass is 10.1. The van der Waals surface area contributed by atoms with Gasteiger partial charge >= 0.3 is 0 Å². The standard InChI is InChI=1S/C14H17ClN2O/c1-8-4-7-13(18-8)10(3)17-14-9(2)11(15)5-6-12(14)16/h4-7,10,17H,16H2,1-3H3. The predicted octanol–water partition coefficient (Wildman–Crippen LogP) is 4.31. The zero-order valence-electron chi connectivity index (χ0n) is 10.8. The Bertz CT molecular complexity index is 563. The Morgan fingerprint density at radius 2 is 1.94 bits per heavy atom. The average Bonchev–Trinajstić information content (AvgIpc) is 2.76. The molecule has 1 atom stereocenters. The lowest BCUT2D eigenvalue weighted by Crippen LogP contribution is -2.09. The van der Waals surface area contributed by atoms with Crippen LogP contribution in [-0.2, 0) is 0 Å². The van der Waals surface area contributed by atoms with Crippen LogP contribution >= 0.6 is 11.6 Å². The van der Waals surface area contributed by atoms with E-state index in [1.807, 2.05) is 32.9 Å². The monoisotopic (exact) mass is 264 g/mol. The van der Waals surface area contributed by atoms with Crippen molar-refractivity contribution in [1.29, 1.82) is 0 Å². The number of nitrogens with two attached hydrogens (primary N) is 1. The Balaban J connectivity index is 2.27. The first-order valence-corrected chi connectivity index (χ1v) is 6.24. The number of nitrogens with one attached hydrogen (secondary N) is 1. The highest BCUT2D eigenvalue weighted by Gasteiger charge is 2.13. The van der Waals surface area contributed by atoms with Crippen LogP contribution in [0.25, 0.3) is 0 Å². The first kappa shape index (κ1) is 12.8. The van der Waals surface area contributed by atoms with Gasteiger partial charge in [-0.05, 0) is 50.6 Å². The zero-order valence-corrected chi connectivity index (χ0v) is 11.5. The summed E-state index contributed by atoms with van der Waals surface area (Å²) in [4.78, 5) is 0. The van der Waals surface area contributed by atoms with Gasteiger partial charge in [-0.3, -0.25) is 0 Å². The molecular formula is C14H17ClN2O. The minimum absolute atomic E-state index is 0.0400. The van der Waals surface area contributed by atoms with Crippen molar-refractivity contribution in [1.82, 2.24) is 0 Å². The maximum Gasteiger partial charge on any atom is 0.126 e. The quantitative estimate of drug-likeness (QED) is 0.813. The van der Waals surface area contributed by atoms with Crippen LogP contribution in [0.4, 0.5) is 11.4 Å². The Morgan fingerprint density at radius 3 is 2.56 bits per heavy atom. The maximum absolute atomic E-state index is 6.10. The summed E-state index contributed by atoms with van der Waals surface area (Å²) in [5.74, 6) is 1.78. The van der Waals surface area contributed by atoms with Crippen molar-refractivity contribution >= 4 is 23.0 Å².